The number of aromatic nitrogens is 2. The van der Waals surface area contributed by atoms with Gasteiger partial charge in [0.1, 0.15) is 0 Å². The lowest BCUT2D eigenvalue weighted by molar-refractivity contribution is 0.0679. The summed E-state index contributed by atoms with van der Waals surface area (Å²) in [6, 6.07) is 5.06. The second-order valence-corrected chi connectivity index (χ2v) is 6.78. The van der Waals surface area contributed by atoms with E-state index >= 15 is 0 Å². The maximum atomic E-state index is 12.9. The van der Waals surface area contributed by atoms with Crippen molar-refractivity contribution < 1.29 is 18.3 Å². The van der Waals surface area contributed by atoms with Crippen molar-refractivity contribution in [3.8, 4) is 17.0 Å². The fraction of sp³-hybridized carbons (Fsp3) is 0.353. The summed E-state index contributed by atoms with van der Waals surface area (Å²) in [4.78, 5) is 24.2. The fourth-order valence-electron chi connectivity index (χ4n) is 2.34. The predicted molar refractivity (Wildman–Crippen MR) is 90.8 cm³/mol. The summed E-state index contributed by atoms with van der Waals surface area (Å²) in [5.74, 6) is -1.34. The van der Waals surface area contributed by atoms with Gasteiger partial charge in [-0.2, -0.15) is 0 Å². The Morgan fingerprint density at radius 3 is 2.40 bits per heavy atom. The Hall–Kier alpha value is -2.28. The molecule has 0 saturated heterocycles. The van der Waals surface area contributed by atoms with E-state index in [2.05, 4.69) is 5.10 Å². The average Bonchev–Trinajstić information content (AvgIpc) is 2.52. The van der Waals surface area contributed by atoms with E-state index < -0.39 is 23.3 Å². The van der Waals surface area contributed by atoms with Crippen molar-refractivity contribution in [2.45, 2.75) is 32.7 Å². The number of halogens is 3. The minimum atomic E-state index is -3.19. The van der Waals surface area contributed by atoms with Crippen molar-refractivity contribution in [3.05, 3.63) is 45.2 Å². The highest BCUT2D eigenvalue weighted by molar-refractivity contribution is 6.31. The molecule has 0 N–H and O–H groups in total. The van der Waals surface area contributed by atoms with Gasteiger partial charge < -0.3 is 4.74 Å². The number of ketones is 1. The third kappa shape index (κ3) is 3.87. The fourth-order valence-corrected chi connectivity index (χ4v) is 2.51. The summed E-state index contributed by atoms with van der Waals surface area (Å²) in [5.41, 5.74) is -1.13. The number of nitrogens with zero attached hydrogens (tertiary/aromatic N) is 2. The number of ether oxygens (including phenoxy) is 1. The molecule has 2 rings (SSSR count). The lowest BCUT2D eigenvalue weighted by atomic mass is 9.98. The van der Waals surface area contributed by atoms with E-state index in [4.69, 9.17) is 16.3 Å². The number of Topliss-reactive ketones (excluding diaryl/α,β-unsaturated/α-hetero) is 1. The van der Waals surface area contributed by atoms with E-state index in [9.17, 15) is 18.4 Å². The van der Waals surface area contributed by atoms with Crippen LogP contribution < -0.4 is 10.3 Å². The molecule has 0 fully saturated rings. The summed E-state index contributed by atoms with van der Waals surface area (Å²) < 4.78 is 32.2. The summed E-state index contributed by atoms with van der Waals surface area (Å²) in [6.07, 6.45) is -3.19. The van der Waals surface area contributed by atoms with Gasteiger partial charge in [0.05, 0.1) is 18.2 Å². The van der Waals surface area contributed by atoms with Crippen molar-refractivity contribution in [1.29, 1.82) is 0 Å². The first kappa shape index (κ1) is 19.1. The minimum Gasteiger partial charge on any atom is -0.480 e. The van der Waals surface area contributed by atoms with Gasteiger partial charge in [-0.15, -0.1) is 5.10 Å². The maximum Gasteiger partial charge on any atom is 0.300 e. The van der Waals surface area contributed by atoms with Crippen molar-refractivity contribution in [3.63, 3.8) is 0 Å². The lowest BCUT2D eigenvalue weighted by Gasteiger charge is -2.22. The van der Waals surface area contributed by atoms with Gasteiger partial charge in [0.15, 0.2) is 0 Å². The van der Waals surface area contributed by atoms with Gasteiger partial charge in [-0.3, -0.25) is 9.59 Å². The molecule has 134 valence electrons. The first-order valence-electron chi connectivity index (χ1n) is 7.37. The first-order valence-corrected chi connectivity index (χ1v) is 7.75. The summed E-state index contributed by atoms with van der Waals surface area (Å²) in [6.45, 7) is 5.35. The Bertz CT molecular complexity index is 873. The topological polar surface area (TPSA) is 61.2 Å². The van der Waals surface area contributed by atoms with Crippen LogP contribution in [0.15, 0.2) is 29.1 Å². The quantitative estimate of drug-likeness (QED) is 0.768. The molecule has 2 aromatic rings. The summed E-state index contributed by atoms with van der Waals surface area (Å²) >= 11 is 5.95. The Morgan fingerprint density at radius 1 is 1.24 bits per heavy atom. The van der Waals surface area contributed by atoms with Gasteiger partial charge in [-0.25, -0.2) is 13.5 Å². The van der Waals surface area contributed by atoms with Crippen LogP contribution in [0, 0.1) is 0 Å². The number of hydrogen-bond acceptors (Lipinski definition) is 4. The minimum absolute atomic E-state index is 0.0279. The molecule has 25 heavy (non-hydrogen) atoms. The van der Waals surface area contributed by atoms with Crippen LogP contribution in [0.3, 0.4) is 0 Å². The van der Waals surface area contributed by atoms with E-state index in [1.54, 1.807) is 20.8 Å². The molecule has 0 radical (unpaired) electrons. The van der Waals surface area contributed by atoms with Gasteiger partial charge in [-0.05, 0) is 44.5 Å². The largest absolute Gasteiger partial charge is 0.480 e. The molecule has 1 aromatic carbocycles. The average molecular weight is 371 g/mol. The summed E-state index contributed by atoms with van der Waals surface area (Å²) in [5, 5.41) is 4.38. The standard InChI is InChI=1S/C17H17ClF2N2O3/c1-17(2,3)22-13(23)8-12(16(21-22)25-4)11-7-9(18)5-6-10(11)14(24)15(19)20/h5-8,15H,1-4H3. The molecular formula is C17H17ClF2N2O3. The predicted octanol–water partition coefficient (Wildman–Crippen LogP) is 3.78. The number of carbonyl (C=O) groups excluding carboxylic acids is 1. The lowest BCUT2D eigenvalue weighted by Crippen LogP contribution is -2.36. The van der Waals surface area contributed by atoms with E-state index in [0.29, 0.717) is 0 Å². The Labute approximate surface area is 148 Å². The molecule has 0 spiro atoms. The highest BCUT2D eigenvalue weighted by atomic mass is 35.5. The normalized spacial score (nSPS) is 11.7. The van der Waals surface area contributed by atoms with Crippen LogP contribution in [0.25, 0.3) is 11.1 Å². The Balaban J connectivity index is 2.79. The molecule has 5 nitrogen and oxygen atoms in total. The molecule has 0 aliphatic heterocycles. The number of benzene rings is 1. The molecule has 0 aliphatic rings. The van der Waals surface area contributed by atoms with E-state index in [1.165, 1.54) is 36.1 Å². The van der Waals surface area contributed by atoms with Crippen LogP contribution in [0.1, 0.15) is 31.1 Å². The SMILES string of the molecule is COc1nn(C(C)(C)C)c(=O)cc1-c1cc(Cl)ccc1C(=O)C(F)F. The van der Waals surface area contributed by atoms with E-state index in [1.807, 2.05) is 0 Å². The highest BCUT2D eigenvalue weighted by Gasteiger charge is 2.25. The Kier molecular flexibility index (Phi) is 5.27. The van der Waals surface area contributed by atoms with Crippen LogP contribution in [-0.2, 0) is 5.54 Å². The molecule has 0 amide bonds. The van der Waals surface area contributed by atoms with Gasteiger partial charge in [-0.1, -0.05) is 11.6 Å². The van der Waals surface area contributed by atoms with Gasteiger partial charge >= 0.3 is 6.43 Å². The third-order valence-electron chi connectivity index (χ3n) is 3.46. The van der Waals surface area contributed by atoms with Gasteiger partial charge in [0, 0.05) is 16.7 Å². The molecule has 1 heterocycles. The molecule has 0 aliphatic carbocycles. The van der Waals surface area contributed by atoms with Crippen molar-refractivity contribution in [1.82, 2.24) is 9.78 Å². The molecular weight excluding hydrogens is 354 g/mol. The third-order valence-corrected chi connectivity index (χ3v) is 3.70. The van der Waals surface area contributed by atoms with Gasteiger partial charge in [0.2, 0.25) is 11.7 Å². The van der Waals surface area contributed by atoms with Gasteiger partial charge in [0.25, 0.3) is 5.56 Å². The molecule has 0 saturated carbocycles. The van der Waals surface area contributed by atoms with Crippen molar-refractivity contribution >= 4 is 17.4 Å². The molecule has 8 heteroatoms. The number of rotatable bonds is 4. The zero-order chi connectivity index (χ0) is 18.9. The molecule has 0 unspecified atom stereocenters. The zero-order valence-corrected chi connectivity index (χ0v) is 14.9. The maximum absolute atomic E-state index is 12.9. The number of methoxy groups -OCH3 is 1. The van der Waals surface area contributed by atoms with Crippen LogP contribution in [0.5, 0.6) is 5.88 Å². The molecule has 0 atom stereocenters. The van der Waals surface area contributed by atoms with Crippen molar-refractivity contribution in [2.75, 3.05) is 7.11 Å². The second-order valence-electron chi connectivity index (χ2n) is 6.34. The number of carbonyl (C=O) groups is 1. The van der Waals surface area contributed by atoms with Crippen molar-refractivity contribution in [2.24, 2.45) is 0 Å². The van der Waals surface area contributed by atoms with Crippen LogP contribution in [0.4, 0.5) is 8.78 Å². The summed E-state index contributed by atoms with van der Waals surface area (Å²) in [7, 11) is 1.34. The van der Waals surface area contributed by atoms with Crippen LogP contribution >= 0.6 is 11.6 Å². The monoisotopic (exact) mass is 370 g/mol. The molecule has 0 bridgehead atoms. The first-order chi connectivity index (χ1) is 11.6. The smallest absolute Gasteiger partial charge is 0.300 e. The highest BCUT2D eigenvalue weighted by Crippen LogP contribution is 2.33. The van der Waals surface area contributed by atoms with E-state index in [0.717, 1.165) is 0 Å². The van der Waals surface area contributed by atoms with E-state index in [-0.39, 0.29) is 27.6 Å². The van der Waals surface area contributed by atoms with Crippen LogP contribution in [0.2, 0.25) is 5.02 Å². The zero-order valence-electron chi connectivity index (χ0n) is 14.1. The van der Waals surface area contributed by atoms with Crippen LogP contribution in [-0.4, -0.2) is 29.1 Å². The number of hydrogen-bond donors (Lipinski definition) is 0. The number of alkyl halides is 2. The Morgan fingerprint density at radius 2 is 1.88 bits per heavy atom. The molecule has 1 aromatic heterocycles. The second kappa shape index (κ2) is 6.92.